The molecule has 0 spiro atoms. The van der Waals surface area contributed by atoms with Crippen LogP contribution in [0.15, 0.2) is 35.4 Å². The number of benzene rings is 1. The molecule has 9 heteroatoms. The number of nitrogens with zero attached hydrogens (tertiary/aromatic N) is 1. The zero-order chi connectivity index (χ0) is 18.9. The lowest BCUT2D eigenvalue weighted by atomic mass is 10.1. The van der Waals surface area contributed by atoms with Gasteiger partial charge in [0.05, 0.1) is 6.04 Å². The van der Waals surface area contributed by atoms with Crippen LogP contribution in [0.5, 0.6) is 11.5 Å². The first-order valence-electron chi connectivity index (χ1n) is 8.12. The number of nitrogens with one attached hydrogen (secondary N) is 2. The van der Waals surface area contributed by atoms with Gasteiger partial charge in [0.25, 0.3) is 5.91 Å². The number of sulfonamides is 1. The lowest BCUT2D eigenvalue weighted by Gasteiger charge is -2.21. The molecular weight excluding hydrogens is 358 g/mol. The summed E-state index contributed by atoms with van der Waals surface area (Å²) in [6.45, 7) is 2.85. The molecule has 0 saturated heterocycles. The van der Waals surface area contributed by atoms with Crippen molar-refractivity contribution in [3.8, 4) is 11.5 Å². The highest BCUT2D eigenvalue weighted by Crippen LogP contribution is 2.32. The number of carbonyl (C=O) groups is 1. The molecule has 0 fully saturated rings. The van der Waals surface area contributed by atoms with E-state index in [0.717, 1.165) is 5.56 Å². The van der Waals surface area contributed by atoms with Crippen LogP contribution in [0.2, 0.25) is 0 Å². The van der Waals surface area contributed by atoms with Gasteiger partial charge in [0.15, 0.2) is 11.5 Å². The Hall–Kier alpha value is -2.52. The Morgan fingerprint density at radius 1 is 1.19 bits per heavy atom. The fraction of sp³-hybridized carbons (Fsp3) is 0.353. The Bertz CT molecular complexity index is 936. The van der Waals surface area contributed by atoms with Gasteiger partial charge in [0, 0.05) is 13.2 Å². The van der Waals surface area contributed by atoms with Crippen molar-refractivity contribution < 1.29 is 22.7 Å². The Labute approximate surface area is 152 Å². The van der Waals surface area contributed by atoms with E-state index in [4.69, 9.17) is 9.47 Å². The number of amides is 1. The average molecular weight is 379 g/mol. The van der Waals surface area contributed by atoms with Gasteiger partial charge >= 0.3 is 0 Å². The first-order chi connectivity index (χ1) is 12.3. The van der Waals surface area contributed by atoms with E-state index >= 15 is 0 Å². The monoisotopic (exact) mass is 379 g/mol. The summed E-state index contributed by atoms with van der Waals surface area (Å²) in [6.07, 6.45) is 1.40. The molecule has 1 atom stereocenters. The minimum Gasteiger partial charge on any atom is -0.486 e. The molecule has 1 amide bonds. The molecule has 0 bridgehead atoms. The number of rotatable bonds is 5. The number of hydrogen-bond acceptors (Lipinski definition) is 5. The molecule has 8 nitrogen and oxygen atoms in total. The van der Waals surface area contributed by atoms with Crippen LogP contribution in [0.4, 0.5) is 0 Å². The van der Waals surface area contributed by atoms with Gasteiger partial charge in [-0.3, -0.25) is 4.79 Å². The Morgan fingerprint density at radius 3 is 2.58 bits per heavy atom. The molecule has 2 heterocycles. The highest BCUT2D eigenvalue weighted by atomic mass is 32.2. The van der Waals surface area contributed by atoms with Crippen LogP contribution in [0, 0.1) is 0 Å². The molecule has 0 aliphatic carbocycles. The van der Waals surface area contributed by atoms with E-state index in [-0.39, 0.29) is 22.5 Å². The largest absolute Gasteiger partial charge is 0.486 e. The molecule has 1 aromatic heterocycles. The van der Waals surface area contributed by atoms with Crippen LogP contribution >= 0.6 is 0 Å². The molecule has 3 rings (SSSR count). The molecule has 0 radical (unpaired) electrons. The maximum atomic E-state index is 12.6. The maximum Gasteiger partial charge on any atom is 0.268 e. The molecule has 1 aliphatic rings. The standard InChI is InChI=1S/C17H21N3O5S/c1-11(12-4-5-15-16(8-12)25-7-6-24-15)19-17(21)14-9-13(10-20(14)3)26(22,23)18-2/h4-5,8-11,18H,6-7H2,1-3H3,(H,19,21). The summed E-state index contributed by atoms with van der Waals surface area (Å²) in [7, 11) is -0.657. The Balaban J connectivity index is 1.78. The fourth-order valence-electron chi connectivity index (χ4n) is 2.71. The van der Waals surface area contributed by atoms with Crippen molar-refractivity contribution in [2.24, 2.45) is 7.05 Å². The van der Waals surface area contributed by atoms with Crippen molar-refractivity contribution in [2.75, 3.05) is 20.3 Å². The molecule has 140 valence electrons. The van der Waals surface area contributed by atoms with Crippen molar-refractivity contribution >= 4 is 15.9 Å². The number of aryl methyl sites for hydroxylation is 1. The van der Waals surface area contributed by atoms with Crippen LogP contribution < -0.4 is 19.5 Å². The maximum absolute atomic E-state index is 12.6. The predicted octanol–water partition coefficient (Wildman–Crippen LogP) is 1.20. The highest BCUT2D eigenvalue weighted by Gasteiger charge is 2.21. The van der Waals surface area contributed by atoms with E-state index in [1.807, 2.05) is 25.1 Å². The number of carbonyl (C=O) groups excluding carboxylic acids is 1. The Kier molecular flexibility index (Phi) is 4.92. The van der Waals surface area contributed by atoms with Crippen molar-refractivity contribution in [3.05, 3.63) is 41.7 Å². The SMILES string of the molecule is CNS(=O)(=O)c1cc(C(=O)NC(C)c2ccc3c(c2)OCCO3)n(C)c1. The van der Waals surface area contributed by atoms with Gasteiger partial charge in [-0.2, -0.15) is 0 Å². The van der Waals surface area contributed by atoms with Gasteiger partial charge in [-0.15, -0.1) is 0 Å². The number of ether oxygens (including phenoxy) is 2. The summed E-state index contributed by atoms with van der Waals surface area (Å²) >= 11 is 0. The molecule has 0 saturated carbocycles. The van der Waals surface area contributed by atoms with E-state index in [1.54, 1.807) is 7.05 Å². The molecule has 1 aliphatic heterocycles. The van der Waals surface area contributed by atoms with E-state index in [0.29, 0.717) is 24.7 Å². The summed E-state index contributed by atoms with van der Waals surface area (Å²) in [5.74, 6) is 0.964. The second-order valence-corrected chi connectivity index (χ2v) is 7.86. The number of fused-ring (bicyclic) bond motifs is 1. The van der Waals surface area contributed by atoms with Crippen molar-refractivity contribution in [3.63, 3.8) is 0 Å². The van der Waals surface area contributed by atoms with Crippen LogP contribution in [0.1, 0.15) is 29.0 Å². The third kappa shape index (κ3) is 3.54. The second-order valence-electron chi connectivity index (χ2n) is 5.98. The summed E-state index contributed by atoms with van der Waals surface area (Å²) in [6, 6.07) is 6.56. The second kappa shape index (κ2) is 7.00. The normalized spacial score (nSPS) is 14.7. The van der Waals surface area contributed by atoms with Crippen LogP contribution in [-0.2, 0) is 17.1 Å². The van der Waals surface area contributed by atoms with Crippen LogP contribution in [0.3, 0.4) is 0 Å². The van der Waals surface area contributed by atoms with Crippen LogP contribution in [0.25, 0.3) is 0 Å². The molecule has 2 N–H and O–H groups in total. The van der Waals surface area contributed by atoms with E-state index in [9.17, 15) is 13.2 Å². The van der Waals surface area contributed by atoms with Gasteiger partial charge in [-0.25, -0.2) is 13.1 Å². The molecule has 1 aromatic carbocycles. The topological polar surface area (TPSA) is 98.7 Å². The van der Waals surface area contributed by atoms with Crippen molar-refractivity contribution in [2.45, 2.75) is 17.9 Å². The van der Waals surface area contributed by atoms with Gasteiger partial charge in [-0.05, 0) is 37.7 Å². The minimum absolute atomic E-state index is 0.0413. The molecule has 2 aromatic rings. The first-order valence-corrected chi connectivity index (χ1v) is 9.60. The van der Waals surface area contributed by atoms with E-state index in [1.165, 1.54) is 23.9 Å². The lowest BCUT2D eigenvalue weighted by molar-refractivity contribution is 0.0931. The quantitative estimate of drug-likeness (QED) is 0.813. The number of hydrogen-bond donors (Lipinski definition) is 2. The van der Waals surface area contributed by atoms with Gasteiger partial charge in [0.1, 0.15) is 23.8 Å². The zero-order valence-corrected chi connectivity index (χ0v) is 15.6. The third-order valence-electron chi connectivity index (χ3n) is 4.21. The van der Waals surface area contributed by atoms with Crippen molar-refractivity contribution in [1.82, 2.24) is 14.6 Å². The fourth-order valence-corrected chi connectivity index (χ4v) is 3.51. The molecular formula is C17H21N3O5S. The summed E-state index contributed by atoms with van der Waals surface area (Å²) < 4.78 is 38.5. The van der Waals surface area contributed by atoms with Gasteiger partial charge in [-0.1, -0.05) is 6.07 Å². The smallest absolute Gasteiger partial charge is 0.268 e. The van der Waals surface area contributed by atoms with Gasteiger partial charge < -0.3 is 19.4 Å². The summed E-state index contributed by atoms with van der Waals surface area (Å²) in [5, 5.41) is 2.87. The van der Waals surface area contributed by atoms with Crippen molar-refractivity contribution in [1.29, 1.82) is 0 Å². The highest BCUT2D eigenvalue weighted by molar-refractivity contribution is 7.89. The van der Waals surface area contributed by atoms with Gasteiger partial charge in [0.2, 0.25) is 10.0 Å². The lowest BCUT2D eigenvalue weighted by Crippen LogP contribution is -2.28. The molecule has 26 heavy (non-hydrogen) atoms. The average Bonchev–Trinajstić information content (AvgIpc) is 3.04. The predicted molar refractivity (Wildman–Crippen MR) is 95.0 cm³/mol. The third-order valence-corrected chi connectivity index (χ3v) is 5.59. The molecule has 1 unspecified atom stereocenters. The van der Waals surface area contributed by atoms with E-state index < -0.39 is 10.0 Å². The number of aromatic nitrogens is 1. The Morgan fingerprint density at radius 2 is 1.88 bits per heavy atom. The first kappa shape index (κ1) is 18.3. The van der Waals surface area contributed by atoms with Crippen LogP contribution in [-0.4, -0.2) is 39.2 Å². The van der Waals surface area contributed by atoms with E-state index in [2.05, 4.69) is 10.0 Å². The zero-order valence-electron chi connectivity index (χ0n) is 14.8. The summed E-state index contributed by atoms with van der Waals surface area (Å²) in [4.78, 5) is 12.6. The summed E-state index contributed by atoms with van der Waals surface area (Å²) in [5.41, 5.74) is 1.11. The minimum atomic E-state index is -3.61.